The van der Waals surface area contributed by atoms with Gasteiger partial charge in [-0.2, -0.15) is 5.10 Å². The third-order valence-electron chi connectivity index (χ3n) is 3.35. The fourth-order valence-electron chi connectivity index (χ4n) is 2.15. The maximum Gasteiger partial charge on any atom is 0.191 e. The molecule has 1 heterocycles. The third kappa shape index (κ3) is 6.81. The maximum absolute atomic E-state index is 13.1. The predicted octanol–water partition coefficient (Wildman–Crippen LogP) is 2.26. The second-order valence-electron chi connectivity index (χ2n) is 5.16. The van der Waals surface area contributed by atoms with Crippen LogP contribution in [-0.4, -0.2) is 33.8 Å². The van der Waals surface area contributed by atoms with Crippen LogP contribution in [0.3, 0.4) is 0 Å². The number of benzene rings is 1. The maximum atomic E-state index is 13.1. The molecule has 2 aromatic rings. The van der Waals surface area contributed by atoms with Crippen LogP contribution in [0.1, 0.15) is 24.7 Å². The van der Waals surface area contributed by atoms with Gasteiger partial charge in [0.15, 0.2) is 5.96 Å². The summed E-state index contributed by atoms with van der Waals surface area (Å²) in [4.78, 5) is 8.63. The van der Waals surface area contributed by atoms with Gasteiger partial charge in [-0.1, -0.05) is 12.1 Å². The summed E-state index contributed by atoms with van der Waals surface area (Å²) in [5, 5.41) is 10.5. The van der Waals surface area contributed by atoms with Crippen molar-refractivity contribution in [3.8, 4) is 0 Å². The number of hydrogen-bond acceptors (Lipinski definition) is 3. The third-order valence-corrected chi connectivity index (χ3v) is 3.35. The Kier molecular flexibility index (Phi) is 9.28. The standard InChI is InChI=1S/C16H23FN6.HI/c1-3-18-16(20-11-15-21-12-22-23(15)2)19-9-5-7-13-6-4-8-14(17)10-13;/h4,6,8,10,12H,3,5,7,9,11H2,1-2H3,(H2,18,19,20);1H. The smallest absolute Gasteiger partial charge is 0.191 e. The number of aliphatic imine (C=N–C) groups is 1. The number of nitrogens with zero attached hydrogens (tertiary/aromatic N) is 4. The quantitative estimate of drug-likeness (QED) is 0.297. The summed E-state index contributed by atoms with van der Waals surface area (Å²) in [5.74, 6) is 1.37. The zero-order chi connectivity index (χ0) is 16.5. The van der Waals surface area contributed by atoms with E-state index >= 15 is 0 Å². The van der Waals surface area contributed by atoms with Crippen LogP contribution in [0.15, 0.2) is 35.6 Å². The SMILES string of the molecule is CCNC(=NCc1ncnn1C)NCCCc1cccc(F)c1.I. The molecule has 0 saturated carbocycles. The van der Waals surface area contributed by atoms with Gasteiger partial charge >= 0.3 is 0 Å². The highest BCUT2D eigenvalue weighted by Gasteiger charge is 2.01. The monoisotopic (exact) mass is 446 g/mol. The first-order chi connectivity index (χ1) is 11.2. The highest BCUT2D eigenvalue weighted by Crippen LogP contribution is 2.05. The van der Waals surface area contributed by atoms with Crippen LogP contribution in [0.25, 0.3) is 0 Å². The van der Waals surface area contributed by atoms with Crippen molar-refractivity contribution in [2.24, 2.45) is 12.0 Å². The van der Waals surface area contributed by atoms with E-state index in [1.807, 2.05) is 20.0 Å². The Bertz CT molecular complexity index is 643. The van der Waals surface area contributed by atoms with Gasteiger partial charge in [-0.25, -0.2) is 14.4 Å². The summed E-state index contributed by atoms with van der Waals surface area (Å²) in [5.41, 5.74) is 1.01. The highest BCUT2D eigenvalue weighted by atomic mass is 127. The topological polar surface area (TPSA) is 67.1 Å². The summed E-state index contributed by atoms with van der Waals surface area (Å²) in [7, 11) is 1.84. The van der Waals surface area contributed by atoms with Gasteiger partial charge < -0.3 is 10.6 Å². The highest BCUT2D eigenvalue weighted by molar-refractivity contribution is 14.0. The molecule has 0 radical (unpaired) electrons. The lowest BCUT2D eigenvalue weighted by Gasteiger charge is -2.11. The van der Waals surface area contributed by atoms with Gasteiger partial charge in [-0.05, 0) is 37.5 Å². The van der Waals surface area contributed by atoms with Crippen molar-refractivity contribution in [3.05, 3.63) is 47.8 Å². The van der Waals surface area contributed by atoms with Crippen LogP contribution >= 0.6 is 24.0 Å². The van der Waals surface area contributed by atoms with Crippen LogP contribution in [0.2, 0.25) is 0 Å². The Morgan fingerprint density at radius 2 is 2.17 bits per heavy atom. The molecule has 0 atom stereocenters. The van der Waals surface area contributed by atoms with Crippen LogP contribution in [0.4, 0.5) is 4.39 Å². The molecule has 0 fully saturated rings. The minimum atomic E-state index is -0.186. The summed E-state index contributed by atoms with van der Waals surface area (Å²) in [6, 6.07) is 6.72. The lowest BCUT2D eigenvalue weighted by atomic mass is 10.1. The van der Waals surface area contributed by atoms with Crippen LogP contribution < -0.4 is 10.6 Å². The minimum Gasteiger partial charge on any atom is -0.357 e. The van der Waals surface area contributed by atoms with Gasteiger partial charge in [-0.15, -0.1) is 24.0 Å². The molecular weight excluding hydrogens is 422 g/mol. The Hall–Kier alpha value is -1.71. The molecule has 6 nitrogen and oxygen atoms in total. The zero-order valence-electron chi connectivity index (χ0n) is 14.0. The second kappa shape index (κ2) is 11.0. The lowest BCUT2D eigenvalue weighted by Crippen LogP contribution is -2.38. The van der Waals surface area contributed by atoms with Gasteiger partial charge in [-0.3, -0.25) is 4.68 Å². The van der Waals surface area contributed by atoms with Gasteiger partial charge in [0.05, 0.1) is 0 Å². The Labute approximate surface area is 159 Å². The molecular formula is C16H24FIN6. The molecule has 2 rings (SSSR count). The lowest BCUT2D eigenvalue weighted by molar-refractivity contribution is 0.624. The Morgan fingerprint density at radius 1 is 1.33 bits per heavy atom. The summed E-state index contributed by atoms with van der Waals surface area (Å²) < 4.78 is 14.8. The van der Waals surface area contributed by atoms with E-state index in [1.54, 1.807) is 16.8 Å². The van der Waals surface area contributed by atoms with E-state index in [0.717, 1.165) is 43.3 Å². The van der Waals surface area contributed by atoms with E-state index in [-0.39, 0.29) is 29.8 Å². The van der Waals surface area contributed by atoms with E-state index in [4.69, 9.17) is 0 Å². The molecule has 132 valence electrons. The largest absolute Gasteiger partial charge is 0.357 e. The van der Waals surface area contributed by atoms with E-state index in [1.165, 1.54) is 12.4 Å². The molecule has 24 heavy (non-hydrogen) atoms. The molecule has 0 aliphatic rings. The first kappa shape index (κ1) is 20.3. The number of nitrogens with one attached hydrogen (secondary N) is 2. The van der Waals surface area contributed by atoms with E-state index in [9.17, 15) is 4.39 Å². The van der Waals surface area contributed by atoms with Crippen molar-refractivity contribution in [1.82, 2.24) is 25.4 Å². The van der Waals surface area contributed by atoms with Crippen molar-refractivity contribution in [2.75, 3.05) is 13.1 Å². The molecule has 0 aliphatic carbocycles. The molecule has 0 unspecified atom stereocenters. The molecule has 0 spiro atoms. The number of hydrogen-bond donors (Lipinski definition) is 2. The van der Waals surface area contributed by atoms with Crippen molar-refractivity contribution < 1.29 is 4.39 Å². The van der Waals surface area contributed by atoms with Crippen LogP contribution in [0.5, 0.6) is 0 Å². The average molecular weight is 446 g/mol. The summed E-state index contributed by atoms with van der Waals surface area (Å²) in [6.45, 7) is 4.04. The average Bonchev–Trinajstić information content (AvgIpc) is 2.94. The number of rotatable bonds is 7. The zero-order valence-corrected chi connectivity index (χ0v) is 16.3. The first-order valence-electron chi connectivity index (χ1n) is 7.78. The molecule has 0 amide bonds. The van der Waals surface area contributed by atoms with Gasteiger partial charge in [0.2, 0.25) is 0 Å². The fraction of sp³-hybridized carbons (Fsp3) is 0.438. The summed E-state index contributed by atoms with van der Waals surface area (Å²) >= 11 is 0. The summed E-state index contributed by atoms with van der Waals surface area (Å²) in [6.07, 6.45) is 3.25. The normalized spacial score (nSPS) is 11.0. The number of halogens is 2. The van der Waals surface area contributed by atoms with Gasteiger partial charge in [0, 0.05) is 20.1 Å². The van der Waals surface area contributed by atoms with E-state index in [0.29, 0.717) is 6.54 Å². The van der Waals surface area contributed by atoms with E-state index < -0.39 is 0 Å². The molecule has 0 saturated heterocycles. The van der Waals surface area contributed by atoms with Crippen molar-refractivity contribution in [1.29, 1.82) is 0 Å². The molecule has 1 aromatic heterocycles. The van der Waals surface area contributed by atoms with Crippen molar-refractivity contribution in [3.63, 3.8) is 0 Å². The minimum absolute atomic E-state index is 0. The fourth-order valence-corrected chi connectivity index (χ4v) is 2.15. The number of guanidine groups is 1. The number of aromatic nitrogens is 3. The predicted molar refractivity (Wildman–Crippen MR) is 104 cm³/mol. The van der Waals surface area contributed by atoms with Crippen LogP contribution in [0, 0.1) is 5.82 Å². The molecule has 1 aromatic carbocycles. The first-order valence-corrected chi connectivity index (χ1v) is 7.78. The van der Waals surface area contributed by atoms with Gasteiger partial charge in [0.1, 0.15) is 24.5 Å². The molecule has 8 heteroatoms. The van der Waals surface area contributed by atoms with E-state index in [2.05, 4.69) is 25.7 Å². The molecule has 0 bridgehead atoms. The second-order valence-corrected chi connectivity index (χ2v) is 5.16. The molecule has 2 N–H and O–H groups in total. The Morgan fingerprint density at radius 3 is 2.83 bits per heavy atom. The van der Waals surface area contributed by atoms with Crippen LogP contribution in [-0.2, 0) is 20.0 Å². The van der Waals surface area contributed by atoms with Gasteiger partial charge in [0.25, 0.3) is 0 Å². The number of aryl methyl sites for hydroxylation is 2. The molecule has 0 aliphatic heterocycles. The van der Waals surface area contributed by atoms with Crippen molar-refractivity contribution >= 4 is 29.9 Å². The Balaban J connectivity index is 0.00000288. The van der Waals surface area contributed by atoms with Crippen molar-refractivity contribution in [2.45, 2.75) is 26.3 Å².